The van der Waals surface area contributed by atoms with Gasteiger partial charge in [0, 0.05) is 25.8 Å². The van der Waals surface area contributed by atoms with Crippen LogP contribution in [-0.4, -0.2) is 68.7 Å². The average molecular weight is 762 g/mol. The zero-order valence-corrected chi connectivity index (χ0v) is 35.8. The van der Waals surface area contributed by atoms with E-state index in [1.54, 1.807) is 0 Å². The first-order valence-corrected chi connectivity index (χ1v) is 23.5. The van der Waals surface area contributed by atoms with Crippen molar-refractivity contribution >= 4 is 11.9 Å². The Bertz CT molecular complexity index is 911. The number of hydrogen-bond donors (Lipinski definition) is 0. The van der Waals surface area contributed by atoms with Gasteiger partial charge in [0.05, 0.1) is 0 Å². The van der Waals surface area contributed by atoms with E-state index in [-0.39, 0.29) is 31.4 Å². The largest absolute Gasteiger partial charge is 0.463 e. The van der Waals surface area contributed by atoms with Crippen LogP contribution in [0.2, 0.25) is 0 Å². The van der Waals surface area contributed by atoms with E-state index in [4.69, 9.17) is 18.9 Å². The molecule has 7 nitrogen and oxygen atoms in total. The van der Waals surface area contributed by atoms with Crippen LogP contribution in [0.4, 0.5) is 0 Å². The number of likely N-dealkylation sites (tertiary alicyclic amines) is 1. The molecule has 0 amide bonds. The second-order valence-electron chi connectivity index (χ2n) is 16.8. The first kappa shape index (κ1) is 48.7. The van der Waals surface area contributed by atoms with E-state index in [2.05, 4.69) is 37.9 Å². The van der Waals surface area contributed by atoms with E-state index in [0.717, 1.165) is 58.0 Å². The zero-order chi connectivity index (χ0) is 38.7. The van der Waals surface area contributed by atoms with Gasteiger partial charge in [0.15, 0.2) is 6.29 Å². The maximum atomic E-state index is 12.6. The Kier molecular flexibility index (Phi) is 31.4. The van der Waals surface area contributed by atoms with Crippen molar-refractivity contribution in [3.05, 3.63) is 12.2 Å². The predicted octanol–water partition coefficient (Wildman–Crippen LogP) is 12.8. The maximum Gasteiger partial charge on any atom is 0.305 e. The Morgan fingerprint density at radius 3 is 1.37 bits per heavy atom. The molecule has 2 rings (SSSR count). The minimum atomic E-state index is -0.414. The van der Waals surface area contributed by atoms with Crippen molar-refractivity contribution in [2.45, 2.75) is 238 Å². The molecule has 316 valence electrons. The van der Waals surface area contributed by atoms with Crippen LogP contribution in [0.5, 0.6) is 0 Å². The first-order valence-electron chi connectivity index (χ1n) is 23.5. The number of unbranched alkanes of at least 4 members (excludes halogenated alkanes) is 24. The van der Waals surface area contributed by atoms with Gasteiger partial charge in [-0.1, -0.05) is 161 Å². The molecule has 2 heterocycles. The average Bonchev–Trinajstić information content (AvgIpc) is 3.55. The van der Waals surface area contributed by atoms with E-state index in [0.29, 0.717) is 18.8 Å². The predicted molar refractivity (Wildman–Crippen MR) is 225 cm³/mol. The molecule has 7 heteroatoms. The van der Waals surface area contributed by atoms with E-state index >= 15 is 0 Å². The molecule has 0 aromatic rings. The van der Waals surface area contributed by atoms with Crippen molar-refractivity contribution in [2.75, 3.05) is 33.4 Å². The minimum absolute atomic E-state index is 0.145. The standard InChI is InChI=1S/C47H87NO6/c1-4-6-8-10-12-14-16-18-20-22-24-26-28-30-32-36-46(50)52-41-44-43(53-47(54-44)38-42-34-33-37-48(3)39-42)40-51-45(49)35-31-29-27-25-23-21-19-17-15-13-11-9-7-5-2/h18,20,42-44,47H,4-17,19,21-41H2,1-3H3/b20-18-. The number of piperidine rings is 1. The van der Waals surface area contributed by atoms with E-state index in [1.807, 2.05) is 0 Å². The summed E-state index contributed by atoms with van der Waals surface area (Å²) in [6, 6.07) is 0. The van der Waals surface area contributed by atoms with Crippen molar-refractivity contribution < 1.29 is 28.5 Å². The fourth-order valence-corrected chi connectivity index (χ4v) is 8.04. The summed E-state index contributed by atoms with van der Waals surface area (Å²) < 4.78 is 24.0. The SMILES string of the molecule is CCCCCCCC/C=C\CCCCCCCC(=O)OCC1OC(CC2CCCN(C)C2)OC1COC(=O)CCCCCCCCCCCCCCCC. The van der Waals surface area contributed by atoms with Crippen molar-refractivity contribution in [2.24, 2.45) is 5.92 Å². The Morgan fingerprint density at radius 2 is 0.963 bits per heavy atom. The highest BCUT2D eigenvalue weighted by Gasteiger charge is 2.39. The maximum absolute atomic E-state index is 12.6. The van der Waals surface area contributed by atoms with Gasteiger partial charge >= 0.3 is 11.9 Å². The molecule has 0 aromatic heterocycles. The fraction of sp³-hybridized carbons (Fsp3) is 0.915. The normalized spacial score (nSPS) is 20.6. The summed E-state index contributed by atoms with van der Waals surface area (Å²) in [4.78, 5) is 27.6. The fourth-order valence-electron chi connectivity index (χ4n) is 8.04. The monoisotopic (exact) mass is 762 g/mol. The summed E-state index contributed by atoms with van der Waals surface area (Å²) in [5.74, 6) is 0.164. The molecule has 4 atom stereocenters. The zero-order valence-electron chi connectivity index (χ0n) is 35.8. The molecule has 0 aliphatic carbocycles. The van der Waals surface area contributed by atoms with Crippen LogP contribution < -0.4 is 0 Å². The van der Waals surface area contributed by atoms with Gasteiger partial charge in [-0.3, -0.25) is 9.59 Å². The Labute approximate surface area is 333 Å². The Balaban J connectivity index is 1.56. The van der Waals surface area contributed by atoms with Crippen LogP contribution >= 0.6 is 0 Å². The number of esters is 2. The summed E-state index contributed by atoms with van der Waals surface area (Å²) in [6.45, 7) is 7.01. The van der Waals surface area contributed by atoms with Crippen molar-refractivity contribution in [3.8, 4) is 0 Å². The third kappa shape index (κ3) is 27.2. The first-order chi connectivity index (χ1) is 26.5. The van der Waals surface area contributed by atoms with Crippen molar-refractivity contribution in [1.82, 2.24) is 4.90 Å². The van der Waals surface area contributed by atoms with Crippen LogP contribution in [0.1, 0.15) is 219 Å². The van der Waals surface area contributed by atoms with Crippen molar-refractivity contribution in [3.63, 3.8) is 0 Å². The van der Waals surface area contributed by atoms with Gasteiger partial charge in [0.1, 0.15) is 25.4 Å². The highest BCUT2D eigenvalue weighted by molar-refractivity contribution is 5.69. The highest BCUT2D eigenvalue weighted by Crippen LogP contribution is 2.29. The molecule has 2 saturated heterocycles. The lowest BCUT2D eigenvalue weighted by atomic mass is 9.95. The number of ether oxygens (including phenoxy) is 4. The smallest absolute Gasteiger partial charge is 0.305 e. The van der Waals surface area contributed by atoms with Gasteiger partial charge in [-0.15, -0.1) is 0 Å². The summed E-state index contributed by atoms with van der Waals surface area (Å²) >= 11 is 0. The summed E-state index contributed by atoms with van der Waals surface area (Å²) in [5.41, 5.74) is 0. The third-order valence-electron chi connectivity index (χ3n) is 11.5. The second kappa shape index (κ2) is 34.8. The highest BCUT2D eigenvalue weighted by atomic mass is 16.7. The summed E-state index contributed by atoms with van der Waals surface area (Å²) in [5, 5.41) is 0. The molecule has 2 aliphatic heterocycles. The third-order valence-corrected chi connectivity index (χ3v) is 11.5. The lowest BCUT2D eigenvalue weighted by Gasteiger charge is -2.30. The number of carbonyl (C=O) groups excluding carboxylic acids is 2. The molecule has 54 heavy (non-hydrogen) atoms. The van der Waals surface area contributed by atoms with E-state index < -0.39 is 12.2 Å². The van der Waals surface area contributed by atoms with Gasteiger partial charge in [-0.05, 0) is 70.9 Å². The molecular formula is C47H87NO6. The van der Waals surface area contributed by atoms with E-state index in [1.165, 1.54) is 148 Å². The van der Waals surface area contributed by atoms with Crippen LogP contribution in [0.3, 0.4) is 0 Å². The van der Waals surface area contributed by atoms with Crippen LogP contribution in [0.15, 0.2) is 12.2 Å². The Morgan fingerprint density at radius 1 is 0.574 bits per heavy atom. The van der Waals surface area contributed by atoms with Crippen LogP contribution in [0.25, 0.3) is 0 Å². The molecule has 2 fully saturated rings. The summed E-state index contributed by atoms with van der Waals surface area (Å²) in [7, 11) is 2.17. The number of nitrogens with zero attached hydrogens (tertiary/aromatic N) is 1. The van der Waals surface area contributed by atoms with E-state index in [9.17, 15) is 9.59 Å². The summed E-state index contributed by atoms with van der Waals surface area (Å²) in [6.07, 6.45) is 41.7. The molecule has 0 saturated carbocycles. The van der Waals surface area contributed by atoms with Crippen LogP contribution in [-0.2, 0) is 28.5 Å². The molecule has 2 aliphatic rings. The second-order valence-corrected chi connectivity index (χ2v) is 16.8. The number of hydrogen-bond acceptors (Lipinski definition) is 7. The van der Waals surface area contributed by atoms with Gasteiger partial charge in [-0.25, -0.2) is 0 Å². The number of allylic oxidation sites excluding steroid dienone is 2. The quantitative estimate of drug-likeness (QED) is 0.0357. The molecule has 0 N–H and O–H groups in total. The van der Waals surface area contributed by atoms with Gasteiger partial charge in [-0.2, -0.15) is 0 Å². The van der Waals surface area contributed by atoms with Gasteiger partial charge < -0.3 is 23.8 Å². The number of carbonyl (C=O) groups is 2. The number of rotatable bonds is 36. The van der Waals surface area contributed by atoms with Crippen molar-refractivity contribution in [1.29, 1.82) is 0 Å². The molecule has 0 aromatic carbocycles. The van der Waals surface area contributed by atoms with Crippen LogP contribution in [0, 0.1) is 5.92 Å². The molecule has 0 spiro atoms. The lowest BCUT2D eigenvalue weighted by Crippen LogP contribution is -2.34. The lowest BCUT2D eigenvalue weighted by molar-refractivity contribution is -0.151. The van der Waals surface area contributed by atoms with Gasteiger partial charge in [0.2, 0.25) is 0 Å². The topological polar surface area (TPSA) is 74.3 Å². The molecule has 0 radical (unpaired) electrons. The molecular weight excluding hydrogens is 675 g/mol. The Hall–Kier alpha value is -1.44. The minimum Gasteiger partial charge on any atom is -0.463 e. The molecule has 4 unspecified atom stereocenters. The van der Waals surface area contributed by atoms with Gasteiger partial charge in [0.25, 0.3) is 0 Å². The molecule has 0 bridgehead atoms.